The van der Waals surface area contributed by atoms with Crippen LogP contribution < -0.4 is 5.32 Å². The first-order valence-electron chi connectivity index (χ1n) is 4.18. The predicted octanol–water partition coefficient (Wildman–Crippen LogP) is 1.44. The standard InChI is InChI=1S/C8H14F2N2O/c1-8(2,3)12-4-5(6(9)10)11-7(12)13/h5-6H,4H2,1-3H3,(H,11,13)/t5-/m0/s1. The zero-order chi connectivity index (χ0) is 10.2. The normalized spacial score (nSPS) is 24.0. The third-order valence-corrected chi connectivity index (χ3v) is 2.05. The number of carbonyl (C=O) groups excluding carboxylic acids is 1. The van der Waals surface area contributed by atoms with E-state index in [9.17, 15) is 13.6 Å². The molecule has 1 atom stereocenters. The van der Waals surface area contributed by atoms with Gasteiger partial charge in [0, 0.05) is 12.1 Å². The van der Waals surface area contributed by atoms with Crippen LogP contribution in [0.15, 0.2) is 0 Å². The maximum Gasteiger partial charge on any atom is 0.318 e. The van der Waals surface area contributed by atoms with Gasteiger partial charge in [-0.2, -0.15) is 0 Å². The molecule has 0 aromatic rings. The van der Waals surface area contributed by atoms with E-state index in [1.165, 1.54) is 4.90 Å². The van der Waals surface area contributed by atoms with E-state index in [1.54, 1.807) is 0 Å². The maximum atomic E-state index is 12.2. The molecule has 1 heterocycles. The van der Waals surface area contributed by atoms with Gasteiger partial charge >= 0.3 is 6.03 Å². The van der Waals surface area contributed by atoms with Crippen LogP contribution in [0.3, 0.4) is 0 Å². The molecule has 0 radical (unpaired) electrons. The summed E-state index contributed by atoms with van der Waals surface area (Å²) in [4.78, 5) is 12.6. The molecular weight excluding hydrogens is 178 g/mol. The van der Waals surface area contributed by atoms with E-state index in [-0.39, 0.29) is 6.54 Å². The van der Waals surface area contributed by atoms with Gasteiger partial charge in [-0.3, -0.25) is 0 Å². The minimum Gasteiger partial charge on any atom is -0.328 e. The fraction of sp³-hybridized carbons (Fsp3) is 0.875. The van der Waals surface area contributed by atoms with Crippen LogP contribution in [0, 0.1) is 0 Å². The summed E-state index contributed by atoms with van der Waals surface area (Å²) in [7, 11) is 0. The molecule has 0 bridgehead atoms. The molecule has 3 nitrogen and oxygen atoms in total. The summed E-state index contributed by atoms with van der Waals surface area (Å²) in [5, 5.41) is 2.25. The molecule has 1 aliphatic heterocycles. The smallest absolute Gasteiger partial charge is 0.318 e. The molecule has 2 amide bonds. The molecule has 5 heteroatoms. The van der Waals surface area contributed by atoms with Crippen LogP contribution in [0.1, 0.15) is 20.8 Å². The van der Waals surface area contributed by atoms with E-state index in [0.29, 0.717) is 0 Å². The topological polar surface area (TPSA) is 32.3 Å². The van der Waals surface area contributed by atoms with Crippen LogP contribution in [-0.4, -0.2) is 35.5 Å². The Morgan fingerprint density at radius 3 is 2.31 bits per heavy atom. The molecule has 1 rings (SSSR count). The molecule has 13 heavy (non-hydrogen) atoms. The zero-order valence-electron chi connectivity index (χ0n) is 7.97. The second-order valence-corrected chi connectivity index (χ2v) is 4.17. The first-order valence-corrected chi connectivity index (χ1v) is 4.18. The lowest BCUT2D eigenvalue weighted by molar-refractivity contribution is 0.101. The second-order valence-electron chi connectivity index (χ2n) is 4.17. The van der Waals surface area contributed by atoms with Crippen LogP contribution in [0.25, 0.3) is 0 Å². The molecule has 0 saturated carbocycles. The third kappa shape index (κ3) is 2.08. The van der Waals surface area contributed by atoms with Crippen LogP contribution in [-0.2, 0) is 0 Å². The average Bonchev–Trinajstić information content (AvgIpc) is 2.29. The predicted molar refractivity (Wildman–Crippen MR) is 44.8 cm³/mol. The van der Waals surface area contributed by atoms with Gasteiger partial charge in [-0.05, 0) is 20.8 Å². The Morgan fingerprint density at radius 2 is 2.08 bits per heavy atom. The summed E-state index contributed by atoms with van der Waals surface area (Å²) >= 11 is 0. The highest BCUT2D eigenvalue weighted by atomic mass is 19.3. The number of hydrogen-bond donors (Lipinski definition) is 1. The van der Waals surface area contributed by atoms with Crippen LogP contribution in [0.2, 0.25) is 0 Å². The van der Waals surface area contributed by atoms with Crippen molar-refractivity contribution in [2.24, 2.45) is 0 Å². The lowest BCUT2D eigenvalue weighted by atomic mass is 10.1. The van der Waals surface area contributed by atoms with Crippen LogP contribution in [0.4, 0.5) is 13.6 Å². The SMILES string of the molecule is CC(C)(C)N1C[C@@H](C(F)F)NC1=O. The van der Waals surface area contributed by atoms with Crippen LogP contribution in [0.5, 0.6) is 0 Å². The molecule has 1 N–H and O–H groups in total. The Morgan fingerprint density at radius 1 is 1.54 bits per heavy atom. The summed E-state index contributed by atoms with van der Waals surface area (Å²) in [6.45, 7) is 5.54. The molecule has 0 spiro atoms. The van der Waals surface area contributed by atoms with Crippen molar-refractivity contribution in [3.8, 4) is 0 Å². The van der Waals surface area contributed by atoms with Gasteiger partial charge in [0.25, 0.3) is 6.43 Å². The Labute approximate surface area is 76.1 Å². The van der Waals surface area contributed by atoms with Crippen molar-refractivity contribution in [3.63, 3.8) is 0 Å². The number of rotatable bonds is 1. The largest absolute Gasteiger partial charge is 0.328 e. The molecular formula is C8H14F2N2O. The van der Waals surface area contributed by atoms with Crippen molar-refractivity contribution in [2.45, 2.75) is 38.8 Å². The molecule has 1 fully saturated rings. The highest BCUT2D eigenvalue weighted by Gasteiger charge is 2.39. The molecule has 1 aliphatic rings. The van der Waals surface area contributed by atoms with Gasteiger partial charge < -0.3 is 10.2 Å². The summed E-state index contributed by atoms with van der Waals surface area (Å²) in [6, 6.07) is -1.43. The van der Waals surface area contributed by atoms with E-state index in [2.05, 4.69) is 5.32 Å². The fourth-order valence-electron chi connectivity index (χ4n) is 1.28. The van der Waals surface area contributed by atoms with Gasteiger partial charge in [0.1, 0.15) is 6.04 Å². The monoisotopic (exact) mass is 192 g/mol. The van der Waals surface area contributed by atoms with Crippen molar-refractivity contribution in [1.29, 1.82) is 0 Å². The second kappa shape index (κ2) is 3.12. The van der Waals surface area contributed by atoms with E-state index >= 15 is 0 Å². The first kappa shape index (κ1) is 10.2. The number of nitrogens with zero attached hydrogens (tertiary/aromatic N) is 1. The number of alkyl halides is 2. The quantitative estimate of drug-likeness (QED) is 0.670. The summed E-state index contributed by atoms with van der Waals surface area (Å²) in [5.74, 6) is 0. The van der Waals surface area contributed by atoms with E-state index in [4.69, 9.17) is 0 Å². The van der Waals surface area contributed by atoms with Crippen molar-refractivity contribution < 1.29 is 13.6 Å². The molecule has 0 aromatic carbocycles. The van der Waals surface area contributed by atoms with Crippen molar-refractivity contribution in [1.82, 2.24) is 10.2 Å². The Hall–Kier alpha value is -0.870. The number of hydrogen-bond acceptors (Lipinski definition) is 1. The molecule has 0 aromatic heterocycles. The van der Waals surface area contributed by atoms with Gasteiger partial charge in [-0.15, -0.1) is 0 Å². The van der Waals surface area contributed by atoms with Crippen LogP contribution >= 0.6 is 0 Å². The highest BCUT2D eigenvalue weighted by molar-refractivity contribution is 5.77. The first-order chi connectivity index (χ1) is 5.82. The van der Waals surface area contributed by atoms with Crippen molar-refractivity contribution in [2.75, 3.05) is 6.54 Å². The molecule has 0 aliphatic carbocycles. The lowest BCUT2D eigenvalue weighted by Crippen LogP contribution is -2.43. The number of carbonyl (C=O) groups is 1. The Bertz CT molecular complexity index is 213. The maximum absolute atomic E-state index is 12.2. The molecule has 1 saturated heterocycles. The van der Waals surface area contributed by atoms with Crippen molar-refractivity contribution in [3.05, 3.63) is 0 Å². The highest BCUT2D eigenvalue weighted by Crippen LogP contribution is 2.20. The Balaban J connectivity index is 2.67. The Kier molecular flexibility index (Phi) is 2.45. The summed E-state index contributed by atoms with van der Waals surface area (Å²) in [5.41, 5.74) is -0.395. The van der Waals surface area contributed by atoms with E-state index in [1.807, 2.05) is 20.8 Å². The summed E-state index contributed by atoms with van der Waals surface area (Å²) < 4.78 is 24.5. The van der Waals surface area contributed by atoms with Gasteiger partial charge in [-0.1, -0.05) is 0 Å². The van der Waals surface area contributed by atoms with Gasteiger partial charge in [-0.25, -0.2) is 13.6 Å². The average molecular weight is 192 g/mol. The number of halogens is 2. The molecule has 76 valence electrons. The van der Waals surface area contributed by atoms with E-state index < -0.39 is 24.0 Å². The van der Waals surface area contributed by atoms with E-state index in [0.717, 1.165) is 0 Å². The summed E-state index contributed by atoms with van der Waals surface area (Å²) in [6.07, 6.45) is -2.49. The molecule has 0 unspecified atom stereocenters. The van der Waals surface area contributed by atoms with Gasteiger partial charge in [0.05, 0.1) is 0 Å². The zero-order valence-corrected chi connectivity index (χ0v) is 7.97. The number of urea groups is 1. The third-order valence-electron chi connectivity index (χ3n) is 2.05. The number of nitrogens with one attached hydrogen (secondary N) is 1. The fourth-order valence-corrected chi connectivity index (χ4v) is 1.28. The minimum absolute atomic E-state index is 0.0833. The van der Waals surface area contributed by atoms with Crippen molar-refractivity contribution >= 4 is 6.03 Å². The van der Waals surface area contributed by atoms with Gasteiger partial charge in [0.2, 0.25) is 0 Å². The van der Waals surface area contributed by atoms with Gasteiger partial charge in [0.15, 0.2) is 0 Å². The number of amides is 2. The minimum atomic E-state index is -2.49. The lowest BCUT2D eigenvalue weighted by Gasteiger charge is -2.30.